The number of nitrogens with two attached hydrogens (primary N) is 1. The van der Waals surface area contributed by atoms with Crippen LogP contribution in [0.1, 0.15) is 54.6 Å². The van der Waals surface area contributed by atoms with Crippen LogP contribution in [0.3, 0.4) is 0 Å². The number of aromatic nitrogens is 6. The normalized spacial score (nSPS) is 22.5. The minimum atomic E-state index is -0.0701. The van der Waals surface area contributed by atoms with Gasteiger partial charge in [0.2, 0.25) is 0 Å². The number of rotatable bonds is 4. The van der Waals surface area contributed by atoms with E-state index in [0.29, 0.717) is 34.9 Å². The van der Waals surface area contributed by atoms with Gasteiger partial charge >= 0.3 is 0 Å². The van der Waals surface area contributed by atoms with Crippen LogP contribution in [0.15, 0.2) is 36.9 Å². The van der Waals surface area contributed by atoms with E-state index >= 15 is 0 Å². The summed E-state index contributed by atoms with van der Waals surface area (Å²) in [7, 11) is 0. The predicted octanol–water partition coefficient (Wildman–Crippen LogP) is 2.96. The number of pyridine rings is 1. The molecular formula is C23H24N8O. The molecule has 9 heteroatoms. The number of nitrogens with one attached hydrogen (secondary N) is 2. The van der Waals surface area contributed by atoms with Crippen molar-refractivity contribution in [2.45, 2.75) is 50.6 Å². The van der Waals surface area contributed by atoms with E-state index < -0.39 is 0 Å². The maximum atomic E-state index is 12.6. The van der Waals surface area contributed by atoms with Crippen LogP contribution in [-0.4, -0.2) is 47.4 Å². The molecule has 0 unspecified atom stereocenters. The third-order valence-corrected chi connectivity index (χ3v) is 6.74. The minimum absolute atomic E-state index is 0.0701. The van der Waals surface area contributed by atoms with Crippen LogP contribution < -0.4 is 11.1 Å². The van der Waals surface area contributed by atoms with Crippen molar-refractivity contribution in [3.63, 3.8) is 0 Å². The Kier molecular flexibility index (Phi) is 4.32. The van der Waals surface area contributed by atoms with Crippen LogP contribution in [0.5, 0.6) is 0 Å². The van der Waals surface area contributed by atoms with Gasteiger partial charge in [0.1, 0.15) is 11.5 Å². The zero-order valence-electron chi connectivity index (χ0n) is 17.7. The molecule has 4 aromatic heterocycles. The Morgan fingerprint density at radius 1 is 1.16 bits per heavy atom. The van der Waals surface area contributed by atoms with Gasteiger partial charge in [-0.25, -0.2) is 9.97 Å². The van der Waals surface area contributed by atoms with Gasteiger partial charge in [-0.2, -0.15) is 9.61 Å². The molecule has 0 saturated carbocycles. The molecule has 0 spiro atoms. The SMILES string of the molecule is CC(=O)c1c([C@@H]2C[C@H]3CC[C@@H](C2)N3)nc2c(-c3ccc(-c4ncc[nH]4)nc3)cnn2c1N. The van der Waals surface area contributed by atoms with E-state index in [1.54, 1.807) is 36.2 Å². The Morgan fingerprint density at radius 3 is 2.62 bits per heavy atom. The fraction of sp³-hybridized carbons (Fsp3) is 0.348. The smallest absolute Gasteiger partial charge is 0.165 e. The molecule has 4 N–H and O–H groups in total. The van der Waals surface area contributed by atoms with Gasteiger partial charge in [-0.15, -0.1) is 0 Å². The number of carbonyl (C=O) groups excluding carboxylic acids is 1. The van der Waals surface area contributed by atoms with Gasteiger partial charge in [0.05, 0.1) is 17.5 Å². The number of H-pyrrole nitrogens is 1. The summed E-state index contributed by atoms with van der Waals surface area (Å²) in [4.78, 5) is 29.4. The number of aromatic amines is 1. The van der Waals surface area contributed by atoms with E-state index in [2.05, 4.69) is 25.4 Å². The minimum Gasteiger partial charge on any atom is -0.383 e. The number of nitrogens with zero attached hydrogens (tertiary/aromatic N) is 5. The Labute approximate surface area is 184 Å². The van der Waals surface area contributed by atoms with Crippen LogP contribution in [-0.2, 0) is 0 Å². The highest BCUT2D eigenvalue weighted by atomic mass is 16.1. The number of anilines is 1. The summed E-state index contributed by atoms with van der Waals surface area (Å²) >= 11 is 0. The largest absolute Gasteiger partial charge is 0.383 e. The highest BCUT2D eigenvalue weighted by Crippen LogP contribution is 2.40. The van der Waals surface area contributed by atoms with E-state index in [-0.39, 0.29) is 11.7 Å². The topological polar surface area (TPSA) is 127 Å². The molecule has 162 valence electrons. The molecule has 3 atom stereocenters. The van der Waals surface area contributed by atoms with E-state index in [1.807, 2.05) is 12.1 Å². The molecule has 6 rings (SSSR count). The number of hydrogen-bond donors (Lipinski definition) is 3. The maximum Gasteiger partial charge on any atom is 0.165 e. The summed E-state index contributed by atoms with van der Waals surface area (Å²) in [6.07, 6.45) is 11.3. The summed E-state index contributed by atoms with van der Waals surface area (Å²) < 4.78 is 1.58. The monoisotopic (exact) mass is 428 g/mol. The molecular weight excluding hydrogens is 404 g/mol. The van der Waals surface area contributed by atoms with Crippen LogP contribution in [0.2, 0.25) is 0 Å². The molecule has 0 aliphatic carbocycles. The number of nitrogen functional groups attached to an aromatic ring is 1. The van der Waals surface area contributed by atoms with Gasteiger partial charge < -0.3 is 16.0 Å². The van der Waals surface area contributed by atoms with Crippen molar-refractivity contribution in [3.8, 4) is 22.6 Å². The lowest BCUT2D eigenvalue weighted by Gasteiger charge is -2.30. The Hall–Kier alpha value is -3.59. The molecule has 0 radical (unpaired) electrons. The van der Waals surface area contributed by atoms with E-state index in [4.69, 9.17) is 10.7 Å². The zero-order chi connectivity index (χ0) is 21.8. The molecule has 4 aromatic rings. The van der Waals surface area contributed by atoms with Gasteiger partial charge in [0.15, 0.2) is 17.3 Å². The van der Waals surface area contributed by atoms with Gasteiger partial charge in [-0.1, -0.05) is 6.07 Å². The first kappa shape index (κ1) is 19.1. The molecule has 2 aliphatic heterocycles. The average molecular weight is 429 g/mol. The lowest BCUT2D eigenvalue weighted by Crippen LogP contribution is -2.38. The van der Waals surface area contributed by atoms with Gasteiger partial charge in [-0.05, 0) is 38.7 Å². The summed E-state index contributed by atoms with van der Waals surface area (Å²) in [6.45, 7) is 1.56. The average Bonchev–Trinajstić information content (AvgIpc) is 3.54. The molecule has 2 aliphatic rings. The van der Waals surface area contributed by atoms with Gasteiger partial charge in [-0.3, -0.25) is 9.78 Å². The Bertz CT molecular complexity index is 1300. The number of fused-ring (bicyclic) bond motifs is 3. The van der Waals surface area contributed by atoms with Crippen molar-refractivity contribution < 1.29 is 4.79 Å². The quantitative estimate of drug-likeness (QED) is 0.427. The Balaban J connectivity index is 1.46. The van der Waals surface area contributed by atoms with Crippen molar-refractivity contribution in [1.29, 1.82) is 0 Å². The van der Waals surface area contributed by atoms with Gasteiger partial charge in [0, 0.05) is 47.7 Å². The number of carbonyl (C=O) groups is 1. The van der Waals surface area contributed by atoms with Gasteiger partial charge in [0.25, 0.3) is 0 Å². The molecule has 9 nitrogen and oxygen atoms in total. The lowest BCUT2D eigenvalue weighted by molar-refractivity contribution is 0.101. The molecule has 0 amide bonds. The number of hydrogen-bond acceptors (Lipinski definition) is 7. The third-order valence-electron chi connectivity index (χ3n) is 6.74. The standard InChI is InChI=1S/C23H24N8O/c1-12(32)19-20(14-8-15-3-4-16(9-14)29-15)30-23-17(11-28-31(23)21(19)24)13-2-5-18(27-10-13)22-25-6-7-26-22/h2,5-7,10-11,14-16,29H,3-4,8-9,24H2,1H3,(H,25,26)/t14-,15-,16+. The first-order chi connectivity index (χ1) is 15.6. The molecule has 2 fully saturated rings. The van der Waals surface area contributed by atoms with Crippen LogP contribution in [0, 0.1) is 0 Å². The highest BCUT2D eigenvalue weighted by Gasteiger charge is 2.37. The third kappa shape index (κ3) is 3.00. The number of imidazole rings is 1. The molecule has 2 saturated heterocycles. The number of piperidine rings is 1. The summed E-state index contributed by atoms with van der Waals surface area (Å²) in [5.74, 6) is 1.21. The van der Waals surface area contributed by atoms with Crippen molar-refractivity contribution >= 4 is 17.2 Å². The second kappa shape index (κ2) is 7.23. The van der Waals surface area contributed by atoms with E-state index in [1.165, 1.54) is 12.8 Å². The first-order valence-corrected chi connectivity index (χ1v) is 11.0. The molecule has 32 heavy (non-hydrogen) atoms. The summed E-state index contributed by atoms with van der Waals surface area (Å²) in [5, 5.41) is 8.12. The number of ketones is 1. The van der Waals surface area contributed by atoms with Crippen molar-refractivity contribution in [2.75, 3.05) is 5.73 Å². The van der Waals surface area contributed by atoms with Crippen molar-refractivity contribution in [1.82, 2.24) is 34.9 Å². The molecule has 0 aromatic carbocycles. The predicted molar refractivity (Wildman–Crippen MR) is 120 cm³/mol. The highest BCUT2D eigenvalue weighted by molar-refractivity contribution is 6.00. The van der Waals surface area contributed by atoms with Crippen LogP contribution in [0.4, 0.5) is 5.82 Å². The second-order valence-corrected chi connectivity index (χ2v) is 8.78. The van der Waals surface area contributed by atoms with Crippen molar-refractivity contribution in [3.05, 3.63) is 48.2 Å². The first-order valence-electron chi connectivity index (χ1n) is 11.0. The van der Waals surface area contributed by atoms with E-state index in [0.717, 1.165) is 35.4 Å². The Morgan fingerprint density at radius 2 is 1.97 bits per heavy atom. The van der Waals surface area contributed by atoms with Crippen LogP contribution in [0.25, 0.3) is 28.3 Å². The lowest BCUT2D eigenvalue weighted by atomic mass is 9.86. The number of Topliss-reactive ketones (excluding diaryl/α,β-unsaturated/α-hetero) is 1. The maximum absolute atomic E-state index is 12.6. The zero-order valence-corrected chi connectivity index (χ0v) is 17.7. The van der Waals surface area contributed by atoms with E-state index in [9.17, 15) is 4.79 Å². The molecule has 2 bridgehead atoms. The second-order valence-electron chi connectivity index (χ2n) is 8.78. The van der Waals surface area contributed by atoms with Crippen molar-refractivity contribution in [2.24, 2.45) is 0 Å². The summed E-state index contributed by atoms with van der Waals surface area (Å²) in [6, 6.07) is 4.86. The fourth-order valence-corrected chi connectivity index (χ4v) is 5.27. The molecule has 6 heterocycles. The van der Waals surface area contributed by atoms with Crippen LogP contribution >= 0.6 is 0 Å². The fourth-order valence-electron chi connectivity index (χ4n) is 5.27. The summed E-state index contributed by atoms with van der Waals surface area (Å²) in [5.41, 5.74) is 10.9.